The molecule has 0 saturated carbocycles. The third-order valence-electron chi connectivity index (χ3n) is 8.47. The van der Waals surface area contributed by atoms with E-state index in [4.69, 9.17) is 31.1 Å². The largest absolute Gasteiger partial charge is 0.464 e. The molecule has 264 valence electrons. The molecule has 1 aromatic carbocycles. The first-order valence-corrected chi connectivity index (χ1v) is 16.5. The van der Waals surface area contributed by atoms with E-state index in [2.05, 4.69) is 25.6 Å². The lowest BCUT2D eigenvalue weighted by Crippen LogP contribution is -2.48. The summed E-state index contributed by atoms with van der Waals surface area (Å²) in [5.41, 5.74) is 6.58. The van der Waals surface area contributed by atoms with E-state index >= 15 is 0 Å². The van der Waals surface area contributed by atoms with Crippen LogP contribution in [0.4, 0.5) is 11.5 Å². The summed E-state index contributed by atoms with van der Waals surface area (Å²) in [6, 6.07) is 6.99. The second-order valence-corrected chi connectivity index (χ2v) is 11.7. The second kappa shape index (κ2) is 17.2. The molecule has 2 aliphatic heterocycles. The maximum atomic E-state index is 13.2. The lowest BCUT2D eigenvalue weighted by atomic mass is 9.94. The van der Waals surface area contributed by atoms with Crippen molar-refractivity contribution in [3.8, 4) is 12.3 Å². The van der Waals surface area contributed by atoms with Gasteiger partial charge < -0.3 is 34.3 Å². The van der Waals surface area contributed by atoms with Gasteiger partial charge >= 0.3 is 11.9 Å². The summed E-state index contributed by atoms with van der Waals surface area (Å²) < 4.78 is 29.2. The molecule has 49 heavy (non-hydrogen) atoms. The van der Waals surface area contributed by atoms with Crippen LogP contribution in [-0.4, -0.2) is 95.6 Å². The number of carbonyl (C=O) groups is 3. The highest BCUT2D eigenvalue weighted by Crippen LogP contribution is 2.36. The Bertz CT molecular complexity index is 1620. The maximum absolute atomic E-state index is 13.2. The minimum Gasteiger partial charge on any atom is -0.464 e. The second-order valence-electron chi connectivity index (χ2n) is 11.7. The van der Waals surface area contributed by atoms with Crippen molar-refractivity contribution >= 4 is 40.9 Å². The Labute approximate surface area is 286 Å². The lowest BCUT2D eigenvalue weighted by molar-refractivity contribution is -0.177. The average Bonchev–Trinajstić information content (AvgIpc) is 3.86. The molecule has 0 amide bonds. The molecule has 2 N–H and O–H groups in total. The van der Waals surface area contributed by atoms with Crippen molar-refractivity contribution in [2.75, 3.05) is 50.7 Å². The Morgan fingerprint density at radius 1 is 1.14 bits per heavy atom. The van der Waals surface area contributed by atoms with Crippen molar-refractivity contribution in [1.29, 1.82) is 0 Å². The van der Waals surface area contributed by atoms with Crippen LogP contribution in [0.2, 0.25) is 0 Å². The molecule has 5 rings (SSSR count). The van der Waals surface area contributed by atoms with E-state index in [0.29, 0.717) is 48.3 Å². The van der Waals surface area contributed by atoms with E-state index in [1.807, 2.05) is 36.1 Å². The Balaban J connectivity index is 0.00000128. The van der Waals surface area contributed by atoms with Crippen molar-refractivity contribution in [2.45, 2.75) is 77.4 Å². The van der Waals surface area contributed by atoms with Crippen LogP contribution in [0.3, 0.4) is 0 Å². The molecule has 0 aliphatic carbocycles. The van der Waals surface area contributed by atoms with Crippen LogP contribution < -0.4 is 10.6 Å². The van der Waals surface area contributed by atoms with E-state index in [0.717, 1.165) is 25.3 Å². The van der Waals surface area contributed by atoms with Crippen molar-refractivity contribution in [2.24, 2.45) is 5.92 Å². The van der Waals surface area contributed by atoms with Gasteiger partial charge in [-0.3, -0.25) is 9.36 Å². The third-order valence-corrected chi connectivity index (χ3v) is 8.47. The number of rotatable bonds is 13. The summed E-state index contributed by atoms with van der Waals surface area (Å²) in [5, 5.41) is 0. The molecule has 14 nitrogen and oxygen atoms in total. The molecule has 14 heteroatoms. The Morgan fingerprint density at radius 2 is 1.86 bits per heavy atom. The molecular weight excluding hydrogens is 632 g/mol. The van der Waals surface area contributed by atoms with Crippen LogP contribution in [-0.2, 0) is 44.5 Å². The zero-order valence-corrected chi connectivity index (χ0v) is 28.8. The van der Waals surface area contributed by atoms with E-state index in [9.17, 15) is 14.4 Å². The number of anilines is 2. The number of carbonyl (C=O) groups excluding carboxylic acids is 3. The summed E-state index contributed by atoms with van der Waals surface area (Å²) in [6.07, 6.45) is 8.69. The highest BCUT2D eigenvalue weighted by molar-refractivity contribution is 5.97. The van der Waals surface area contributed by atoms with Gasteiger partial charge in [0.2, 0.25) is 5.60 Å². The summed E-state index contributed by atoms with van der Waals surface area (Å²) in [5.74, 6) is 2.07. The van der Waals surface area contributed by atoms with Crippen molar-refractivity contribution in [1.82, 2.24) is 19.5 Å². The van der Waals surface area contributed by atoms with Gasteiger partial charge in [-0.1, -0.05) is 12.1 Å². The third kappa shape index (κ3) is 8.54. The maximum Gasteiger partial charge on any atom is 0.346 e. The van der Waals surface area contributed by atoms with Crippen molar-refractivity contribution in [3.63, 3.8) is 0 Å². The van der Waals surface area contributed by atoms with Gasteiger partial charge in [0.15, 0.2) is 17.8 Å². The Kier molecular flexibility index (Phi) is 13.1. The van der Waals surface area contributed by atoms with Crippen molar-refractivity contribution in [3.05, 3.63) is 42.0 Å². The van der Waals surface area contributed by atoms with Crippen LogP contribution in [0.15, 0.2) is 30.6 Å². The van der Waals surface area contributed by atoms with Crippen LogP contribution in [0.5, 0.6) is 0 Å². The van der Waals surface area contributed by atoms with Gasteiger partial charge in [0, 0.05) is 38.8 Å². The SMILES string of the molecule is C#CC1CC(n2cnc3c(N)nc(C)nc32)OC1COC(C=O)(Cc1ccc(N2CCCC2C(=O)OCC)cc1)C(=O)OCC.CCOC. The number of fused-ring (bicyclic) bond motifs is 1. The number of aryl methyl sites for hydroxylation is 1. The minimum atomic E-state index is -1.93. The Morgan fingerprint density at radius 3 is 2.49 bits per heavy atom. The first-order valence-electron chi connectivity index (χ1n) is 16.5. The standard InChI is InChI=1S/C32H38N6O7.C3H8O/c1-5-22-15-26(38-19-34-27-28(33)35-20(4)36-29(27)38)45-25(22)17-44-32(18-39,31(41)43-7-3)16-21-10-12-23(13-11-21)37-14-8-9-24(37)30(40)42-6-2;1-3-4-2/h1,10-13,18-19,22,24-26H,6-9,14-17H2,2-4H3,(H2,33,35,36);3H2,1-2H3. The van der Waals surface area contributed by atoms with Crippen LogP contribution in [0.25, 0.3) is 11.2 Å². The van der Waals surface area contributed by atoms with Gasteiger partial charge in [0.25, 0.3) is 0 Å². The van der Waals surface area contributed by atoms with E-state index in [1.54, 1.807) is 38.8 Å². The van der Waals surface area contributed by atoms with E-state index < -0.39 is 23.9 Å². The molecule has 3 aromatic rings. The minimum absolute atomic E-state index is 0.0635. The van der Waals surface area contributed by atoms with Crippen LogP contribution >= 0.6 is 0 Å². The zero-order valence-electron chi connectivity index (χ0n) is 28.8. The highest BCUT2D eigenvalue weighted by atomic mass is 16.6. The molecule has 0 radical (unpaired) electrons. The average molecular weight is 679 g/mol. The van der Waals surface area contributed by atoms with Crippen molar-refractivity contribution < 1.29 is 38.1 Å². The summed E-state index contributed by atoms with van der Waals surface area (Å²) in [7, 11) is 1.68. The molecule has 2 aromatic heterocycles. The van der Waals surface area contributed by atoms with E-state index in [1.165, 1.54) is 0 Å². The van der Waals surface area contributed by atoms with Gasteiger partial charge in [-0.05, 0) is 58.2 Å². The molecule has 0 bridgehead atoms. The van der Waals surface area contributed by atoms with Gasteiger partial charge in [0.1, 0.15) is 23.6 Å². The molecule has 2 saturated heterocycles. The zero-order chi connectivity index (χ0) is 35.6. The smallest absolute Gasteiger partial charge is 0.346 e. The fourth-order valence-corrected chi connectivity index (χ4v) is 5.95. The fourth-order valence-electron chi connectivity index (χ4n) is 5.95. The number of hydrogen-bond donors (Lipinski definition) is 1. The molecule has 2 aliphatic rings. The normalized spacial score (nSPS) is 21.3. The number of hydrogen-bond acceptors (Lipinski definition) is 13. The fraction of sp³-hybridized carbons (Fsp3) is 0.543. The number of imidazole rings is 1. The van der Waals surface area contributed by atoms with Gasteiger partial charge in [-0.25, -0.2) is 24.5 Å². The number of nitrogens with two attached hydrogens (primary N) is 1. The number of benzene rings is 1. The molecule has 5 atom stereocenters. The topological polar surface area (TPSA) is 170 Å². The number of esters is 2. The summed E-state index contributed by atoms with van der Waals surface area (Å²) in [6.45, 7) is 8.92. The predicted molar refractivity (Wildman–Crippen MR) is 181 cm³/mol. The number of aldehydes is 1. The summed E-state index contributed by atoms with van der Waals surface area (Å²) >= 11 is 0. The van der Waals surface area contributed by atoms with Crippen LogP contribution in [0.1, 0.15) is 57.6 Å². The number of aromatic nitrogens is 4. The first kappa shape index (κ1) is 37.2. The number of ether oxygens (including phenoxy) is 5. The molecule has 2 fully saturated rings. The lowest BCUT2D eigenvalue weighted by Gasteiger charge is -2.29. The predicted octanol–water partition coefficient (Wildman–Crippen LogP) is 3.20. The van der Waals surface area contributed by atoms with Crippen LogP contribution in [0, 0.1) is 25.2 Å². The van der Waals surface area contributed by atoms with Gasteiger partial charge in [-0.2, -0.15) is 0 Å². The first-order chi connectivity index (χ1) is 23.6. The number of terminal acetylenes is 1. The highest BCUT2D eigenvalue weighted by Gasteiger charge is 2.45. The number of methoxy groups -OCH3 is 1. The number of nitrogens with zero attached hydrogens (tertiary/aromatic N) is 5. The van der Waals surface area contributed by atoms with Gasteiger partial charge in [-0.15, -0.1) is 12.3 Å². The molecule has 0 spiro atoms. The Hall–Kier alpha value is -4.58. The molecular formula is C35H46N6O8. The van der Waals surface area contributed by atoms with E-state index in [-0.39, 0.29) is 43.4 Å². The quantitative estimate of drug-likeness (QED) is 0.121. The molecule has 4 heterocycles. The number of nitrogen functional groups attached to an aromatic ring is 1. The molecule has 5 unspecified atom stereocenters. The monoisotopic (exact) mass is 678 g/mol. The van der Waals surface area contributed by atoms with Gasteiger partial charge in [0.05, 0.1) is 38.2 Å². The summed E-state index contributed by atoms with van der Waals surface area (Å²) in [4.78, 5) is 53.3.